The van der Waals surface area contributed by atoms with Gasteiger partial charge in [0, 0.05) is 23.4 Å². The van der Waals surface area contributed by atoms with Crippen LogP contribution in [0.15, 0.2) is 46.3 Å². The molecule has 0 unspecified atom stereocenters. The van der Waals surface area contributed by atoms with Gasteiger partial charge in [-0.05, 0) is 24.6 Å². The minimum absolute atomic E-state index is 0.0190. The van der Waals surface area contributed by atoms with E-state index in [-0.39, 0.29) is 10.6 Å². The first-order chi connectivity index (χ1) is 9.47. The molecule has 0 radical (unpaired) electrons. The Balaban J connectivity index is 1.99. The first kappa shape index (κ1) is 15.0. The summed E-state index contributed by atoms with van der Waals surface area (Å²) in [5.41, 5.74) is 0. The standard InChI is InChI=1S/C12H14BrN3O3S/c13-10-2-3-11(12(8-10)20(14,17)18)19-7-1-5-16-6-4-15-9-16/h2-4,6,8-9H,1,5,7H2,(H2,14,17,18). The molecule has 0 aliphatic rings. The maximum absolute atomic E-state index is 11.5. The summed E-state index contributed by atoms with van der Waals surface area (Å²) in [6.07, 6.45) is 6.01. The molecule has 0 aliphatic heterocycles. The number of benzene rings is 1. The van der Waals surface area contributed by atoms with Gasteiger partial charge in [-0.25, -0.2) is 18.5 Å². The maximum Gasteiger partial charge on any atom is 0.241 e. The van der Waals surface area contributed by atoms with E-state index in [0.29, 0.717) is 11.1 Å². The van der Waals surface area contributed by atoms with Gasteiger partial charge in [-0.15, -0.1) is 0 Å². The molecule has 8 heteroatoms. The lowest BCUT2D eigenvalue weighted by atomic mass is 10.3. The Morgan fingerprint density at radius 1 is 1.40 bits per heavy atom. The third-order valence-corrected chi connectivity index (χ3v) is 4.02. The van der Waals surface area contributed by atoms with Gasteiger partial charge in [-0.2, -0.15) is 0 Å². The van der Waals surface area contributed by atoms with Crippen LogP contribution in [-0.2, 0) is 16.6 Å². The van der Waals surface area contributed by atoms with Crippen molar-refractivity contribution in [3.8, 4) is 5.75 Å². The largest absolute Gasteiger partial charge is 0.492 e. The van der Waals surface area contributed by atoms with Crippen molar-refractivity contribution in [2.75, 3.05) is 6.61 Å². The first-order valence-corrected chi connectivity index (χ1v) is 8.21. The van der Waals surface area contributed by atoms with Gasteiger partial charge in [-0.3, -0.25) is 0 Å². The second-order valence-corrected chi connectivity index (χ2v) is 6.58. The van der Waals surface area contributed by atoms with Crippen LogP contribution in [0.4, 0.5) is 0 Å². The molecule has 0 spiro atoms. The second kappa shape index (κ2) is 6.38. The van der Waals surface area contributed by atoms with E-state index in [1.165, 1.54) is 6.07 Å². The van der Waals surface area contributed by atoms with Gasteiger partial charge in [0.25, 0.3) is 0 Å². The second-order valence-electron chi connectivity index (χ2n) is 4.14. The van der Waals surface area contributed by atoms with Crippen LogP contribution in [0.1, 0.15) is 6.42 Å². The lowest BCUT2D eigenvalue weighted by molar-refractivity contribution is 0.294. The first-order valence-electron chi connectivity index (χ1n) is 5.88. The Morgan fingerprint density at radius 3 is 2.85 bits per heavy atom. The topological polar surface area (TPSA) is 87.2 Å². The molecule has 0 atom stereocenters. The third-order valence-electron chi connectivity index (χ3n) is 2.59. The SMILES string of the molecule is NS(=O)(=O)c1cc(Br)ccc1OCCCn1ccnc1. The normalized spacial score (nSPS) is 11.5. The number of hydrogen-bond acceptors (Lipinski definition) is 4. The maximum atomic E-state index is 11.5. The Labute approximate surface area is 125 Å². The van der Waals surface area contributed by atoms with E-state index in [4.69, 9.17) is 9.88 Å². The molecule has 1 aromatic heterocycles. The molecule has 0 saturated heterocycles. The molecule has 0 aliphatic carbocycles. The zero-order valence-corrected chi connectivity index (χ0v) is 13.0. The number of aryl methyl sites for hydroxylation is 1. The summed E-state index contributed by atoms with van der Waals surface area (Å²) in [5, 5.41) is 5.17. The van der Waals surface area contributed by atoms with Gasteiger partial charge in [0.05, 0.1) is 12.9 Å². The Bertz CT molecular complexity index is 671. The predicted octanol–water partition coefficient (Wildman–Crippen LogP) is 1.76. The minimum Gasteiger partial charge on any atom is -0.492 e. The minimum atomic E-state index is -3.81. The van der Waals surface area contributed by atoms with Gasteiger partial charge in [0.15, 0.2) is 0 Å². The fourth-order valence-electron chi connectivity index (χ4n) is 1.67. The Hall–Kier alpha value is -1.38. The summed E-state index contributed by atoms with van der Waals surface area (Å²) in [5.74, 6) is 0.265. The van der Waals surface area contributed by atoms with E-state index in [2.05, 4.69) is 20.9 Å². The lowest BCUT2D eigenvalue weighted by Gasteiger charge is -2.10. The van der Waals surface area contributed by atoms with Crippen molar-refractivity contribution >= 4 is 26.0 Å². The molecule has 20 heavy (non-hydrogen) atoms. The molecule has 0 fully saturated rings. The average Bonchev–Trinajstić information content (AvgIpc) is 2.88. The highest BCUT2D eigenvalue weighted by molar-refractivity contribution is 9.10. The molecular formula is C12H14BrN3O3S. The fraction of sp³-hybridized carbons (Fsp3) is 0.250. The van der Waals surface area contributed by atoms with Crippen molar-refractivity contribution in [2.24, 2.45) is 5.14 Å². The molecule has 0 bridgehead atoms. The number of imidazole rings is 1. The van der Waals surface area contributed by atoms with Gasteiger partial charge in [0.2, 0.25) is 10.0 Å². The molecule has 2 N–H and O–H groups in total. The lowest BCUT2D eigenvalue weighted by Crippen LogP contribution is -2.14. The summed E-state index contributed by atoms with van der Waals surface area (Å²) < 4.78 is 31.0. The molecule has 0 amide bonds. The molecular weight excluding hydrogens is 346 g/mol. The summed E-state index contributed by atoms with van der Waals surface area (Å²) in [6.45, 7) is 1.14. The van der Waals surface area contributed by atoms with Crippen LogP contribution in [0, 0.1) is 0 Å². The Morgan fingerprint density at radius 2 is 2.20 bits per heavy atom. The Kier molecular flexibility index (Phi) is 4.79. The van der Waals surface area contributed by atoms with E-state index in [1.807, 2.05) is 10.8 Å². The fourth-order valence-corrected chi connectivity index (χ4v) is 2.88. The highest BCUT2D eigenvalue weighted by atomic mass is 79.9. The number of halogens is 1. The van der Waals surface area contributed by atoms with E-state index < -0.39 is 10.0 Å². The quantitative estimate of drug-likeness (QED) is 0.796. The summed E-state index contributed by atoms with van der Waals surface area (Å²) in [7, 11) is -3.81. The van der Waals surface area contributed by atoms with Crippen LogP contribution in [0.5, 0.6) is 5.75 Å². The highest BCUT2D eigenvalue weighted by Gasteiger charge is 2.15. The molecule has 1 heterocycles. The van der Waals surface area contributed by atoms with Crippen molar-refractivity contribution in [3.05, 3.63) is 41.4 Å². The van der Waals surface area contributed by atoms with Gasteiger partial charge in [0.1, 0.15) is 10.6 Å². The number of hydrogen-bond donors (Lipinski definition) is 1. The molecule has 6 nitrogen and oxygen atoms in total. The predicted molar refractivity (Wildman–Crippen MR) is 77.9 cm³/mol. The molecule has 2 rings (SSSR count). The van der Waals surface area contributed by atoms with Crippen molar-refractivity contribution in [2.45, 2.75) is 17.9 Å². The molecule has 1 aromatic carbocycles. The molecule has 2 aromatic rings. The van der Waals surface area contributed by atoms with E-state index in [0.717, 1.165) is 13.0 Å². The number of sulfonamides is 1. The van der Waals surface area contributed by atoms with Crippen LogP contribution < -0.4 is 9.88 Å². The monoisotopic (exact) mass is 359 g/mol. The van der Waals surface area contributed by atoms with Crippen LogP contribution in [0.25, 0.3) is 0 Å². The third kappa shape index (κ3) is 4.06. The van der Waals surface area contributed by atoms with E-state index in [9.17, 15) is 8.42 Å². The highest BCUT2D eigenvalue weighted by Crippen LogP contribution is 2.26. The van der Waals surface area contributed by atoms with E-state index >= 15 is 0 Å². The molecule has 108 valence electrons. The van der Waals surface area contributed by atoms with Crippen LogP contribution >= 0.6 is 15.9 Å². The number of primary sulfonamides is 1. The van der Waals surface area contributed by atoms with Gasteiger partial charge < -0.3 is 9.30 Å². The average molecular weight is 360 g/mol. The summed E-state index contributed by atoms with van der Waals surface area (Å²) >= 11 is 3.21. The number of ether oxygens (including phenoxy) is 1. The number of nitrogens with two attached hydrogens (primary N) is 1. The van der Waals surface area contributed by atoms with Crippen molar-refractivity contribution < 1.29 is 13.2 Å². The van der Waals surface area contributed by atoms with Gasteiger partial charge in [-0.1, -0.05) is 15.9 Å². The summed E-state index contributed by atoms with van der Waals surface area (Å²) in [4.78, 5) is 3.92. The van der Waals surface area contributed by atoms with Crippen molar-refractivity contribution in [3.63, 3.8) is 0 Å². The van der Waals surface area contributed by atoms with Crippen LogP contribution in [-0.4, -0.2) is 24.6 Å². The smallest absolute Gasteiger partial charge is 0.241 e. The van der Waals surface area contributed by atoms with Gasteiger partial charge >= 0.3 is 0 Å². The van der Waals surface area contributed by atoms with Crippen LogP contribution in [0.2, 0.25) is 0 Å². The number of nitrogens with zero attached hydrogens (tertiary/aromatic N) is 2. The summed E-state index contributed by atoms with van der Waals surface area (Å²) in [6, 6.07) is 4.72. The zero-order valence-electron chi connectivity index (χ0n) is 10.6. The number of aromatic nitrogens is 2. The molecule has 0 saturated carbocycles. The zero-order chi connectivity index (χ0) is 14.6. The van der Waals surface area contributed by atoms with Crippen LogP contribution in [0.3, 0.4) is 0 Å². The van der Waals surface area contributed by atoms with Crippen molar-refractivity contribution in [1.29, 1.82) is 0 Å². The van der Waals surface area contributed by atoms with E-state index in [1.54, 1.807) is 24.7 Å². The van der Waals surface area contributed by atoms with Crippen molar-refractivity contribution in [1.82, 2.24) is 9.55 Å². The number of rotatable bonds is 6.